The van der Waals surface area contributed by atoms with Crippen LogP contribution in [-0.4, -0.2) is 35.0 Å². The van der Waals surface area contributed by atoms with Gasteiger partial charge >= 0.3 is 5.97 Å². The molecule has 0 aromatic rings. The second-order valence-corrected chi connectivity index (χ2v) is 4.83. The summed E-state index contributed by atoms with van der Waals surface area (Å²) in [7, 11) is 0. The molecule has 1 saturated heterocycles. The second kappa shape index (κ2) is 4.21. The summed E-state index contributed by atoms with van der Waals surface area (Å²) in [4.78, 5) is 24.1. The lowest BCUT2D eigenvalue weighted by atomic mass is 9.74. The number of hydrogen-bond acceptors (Lipinski definition) is 2. The highest BCUT2D eigenvalue weighted by atomic mass is 16.4. The van der Waals surface area contributed by atoms with E-state index >= 15 is 0 Å². The minimum Gasteiger partial charge on any atom is -0.481 e. The van der Waals surface area contributed by atoms with Crippen LogP contribution in [0.1, 0.15) is 33.6 Å². The van der Waals surface area contributed by atoms with Crippen LogP contribution in [0.3, 0.4) is 0 Å². The summed E-state index contributed by atoms with van der Waals surface area (Å²) < 4.78 is 0. The summed E-state index contributed by atoms with van der Waals surface area (Å²) in [5.41, 5.74) is -0.742. The van der Waals surface area contributed by atoms with Crippen molar-refractivity contribution in [2.24, 2.45) is 11.3 Å². The first kappa shape index (κ1) is 12.0. The monoisotopic (exact) mass is 213 g/mol. The van der Waals surface area contributed by atoms with Crippen LogP contribution in [0.25, 0.3) is 0 Å². The molecule has 4 heteroatoms. The van der Waals surface area contributed by atoms with E-state index in [0.717, 1.165) is 19.4 Å². The third kappa shape index (κ3) is 2.49. The first-order valence-electron chi connectivity index (χ1n) is 5.34. The Labute approximate surface area is 90.3 Å². The Kier molecular flexibility index (Phi) is 3.37. The molecule has 1 amide bonds. The van der Waals surface area contributed by atoms with E-state index in [0.29, 0.717) is 6.54 Å². The van der Waals surface area contributed by atoms with Crippen molar-refractivity contribution in [3.05, 3.63) is 0 Å². The van der Waals surface area contributed by atoms with Gasteiger partial charge < -0.3 is 10.0 Å². The van der Waals surface area contributed by atoms with Crippen LogP contribution in [0.2, 0.25) is 0 Å². The van der Waals surface area contributed by atoms with Gasteiger partial charge in [0.15, 0.2) is 0 Å². The van der Waals surface area contributed by atoms with E-state index in [9.17, 15) is 9.59 Å². The molecule has 0 saturated carbocycles. The molecule has 0 aromatic carbocycles. The minimum atomic E-state index is -0.780. The van der Waals surface area contributed by atoms with E-state index in [1.807, 2.05) is 0 Å². The topological polar surface area (TPSA) is 57.6 Å². The first-order valence-corrected chi connectivity index (χ1v) is 5.34. The number of hydrogen-bond donors (Lipinski definition) is 1. The molecule has 4 nitrogen and oxygen atoms in total. The quantitative estimate of drug-likeness (QED) is 0.753. The largest absolute Gasteiger partial charge is 0.481 e. The van der Waals surface area contributed by atoms with Crippen molar-refractivity contribution in [1.29, 1.82) is 0 Å². The van der Waals surface area contributed by atoms with Gasteiger partial charge in [-0.3, -0.25) is 9.59 Å². The van der Waals surface area contributed by atoms with E-state index < -0.39 is 11.4 Å². The van der Waals surface area contributed by atoms with Gasteiger partial charge in [0.1, 0.15) is 0 Å². The van der Waals surface area contributed by atoms with Gasteiger partial charge in [-0.05, 0) is 32.6 Å². The molecule has 0 radical (unpaired) electrons. The van der Waals surface area contributed by atoms with Crippen LogP contribution >= 0.6 is 0 Å². The van der Waals surface area contributed by atoms with Crippen molar-refractivity contribution in [1.82, 2.24) is 4.90 Å². The molecular formula is C11H19NO3. The van der Waals surface area contributed by atoms with Crippen molar-refractivity contribution in [2.75, 3.05) is 13.1 Å². The Hall–Kier alpha value is -1.06. The molecule has 0 aromatic heterocycles. The molecule has 1 atom stereocenters. The maximum atomic E-state index is 11.2. The zero-order chi connectivity index (χ0) is 11.6. The number of aliphatic carboxylic acids is 1. The number of rotatable bonds is 2. The summed E-state index contributed by atoms with van der Waals surface area (Å²) in [6.45, 7) is 6.36. The van der Waals surface area contributed by atoms with E-state index in [1.54, 1.807) is 18.7 Å². The normalized spacial score (nSPS) is 22.6. The first-order chi connectivity index (χ1) is 6.85. The van der Waals surface area contributed by atoms with Gasteiger partial charge in [-0.2, -0.15) is 0 Å². The lowest BCUT2D eigenvalue weighted by molar-refractivity contribution is -0.153. The molecule has 1 rings (SSSR count). The predicted molar refractivity (Wildman–Crippen MR) is 56.4 cm³/mol. The number of carboxylic acids is 1. The SMILES string of the molecule is CC(=O)N1CCCC(C(C)(C)C(=O)O)C1. The van der Waals surface area contributed by atoms with Crippen LogP contribution in [0.15, 0.2) is 0 Å². The average Bonchev–Trinajstić information content (AvgIpc) is 2.17. The third-order valence-electron chi connectivity index (χ3n) is 3.44. The standard InChI is InChI=1S/C11H19NO3/c1-8(13)12-6-4-5-9(7-12)11(2,3)10(14)15/h9H,4-7H2,1-3H3,(H,14,15). The predicted octanol–water partition coefficient (Wildman–Crippen LogP) is 1.36. The van der Waals surface area contributed by atoms with E-state index in [1.165, 1.54) is 6.92 Å². The Morgan fingerprint density at radius 1 is 1.40 bits per heavy atom. The van der Waals surface area contributed by atoms with E-state index in [4.69, 9.17) is 5.11 Å². The third-order valence-corrected chi connectivity index (χ3v) is 3.44. The Balaban J connectivity index is 2.71. The second-order valence-electron chi connectivity index (χ2n) is 4.83. The van der Waals surface area contributed by atoms with Gasteiger partial charge in [-0.25, -0.2) is 0 Å². The number of amides is 1. The van der Waals surface area contributed by atoms with Crippen LogP contribution in [0, 0.1) is 11.3 Å². The number of piperidine rings is 1. The number of carboxylic acid groups (broad SMARTS) is 1. The zero-order valence-corrected chi connectivity index (χ0v) is 9.62. The van der Waals surface area contributed by atoms with Crippen molar-refractivity contribution in [2.45, 2.75) is 33.6 Å². The van der Waals surface area contributed by atoms with Crippen LogP contribution in [0.5, 0.6) is 0 Å². The summed E-state index contributed by atoms with van der Waals surface area (Å²) >= 11 is 0. The number of carbonyl (C=O) groups excluding carboxylic acids is 1. The van der Waals surface area contributed by atoms with Crippen molar-refractivity contribution < 1.29 is 14.7 Å². The Morgan fingerprint density at radius 2 is 2.00 bits per heavy atom. The molecule has 0 spiro atoms. The minimum absolute atomic E-state index is 0.0425. The smallest absolute Gasteiger partial charge is 0.309 e. The fourth-order valence-electron chi connectivity index (χ4n) is 2.03. The van der Waals surface area contributed by atoms with Gasteiger partial charge in [0.2, 0.25) is 5.91 Å². The molecule has 15 heavy (non-hydrogen) atoms. The molecule has 1 N–H and O–H groups in total. The molecule has 1 fully saturated rings. The molecule has 1 aliphatic rings. The Bertz CT molecular complexity index is 273. The summed E-state index contributed by atoms with van der Waals surface area (Å²) in [5.74, 6) is -0.675. The van der Waals surface area contributed by atoms with E-state index in [2.05, 4.69) is 0 Å². The van der Waals surface area contributed by atoms with Gasteiger partial charge in [-0.1, -0.05) is 0 Å². The molecule has 0 aliphatic carbocycles. The number of likely N-dealkylation sites (tertiary alicyclic amines) is 1. The molecule has 1 aliphatic heterocycles. The van der Waals surface area contributed by atoms with Crippen molar-refractivity contribution in [3.8, 4) is 0 Å². The maximum Gasteiger partial charge on any atom is 0.309 e. The lowest BCUT2D eigenvalue weighted by Crippen LogP contribution is -2.46. The van der Waals surface area contributed by atoms with Gasteiger partial charge in [0, 0.05) is 20.0 Å². The highest BCUT2D eigenvalue weighted by Gasteiger charge is 2.39. The van der Waals surface area contributed by atoms with Crippen LogP contribution < -0.4 is 0 Å². The van der Waals surface area contributed by atoms with Gasteiger partial charge in [-0.15, -0.1) is 0 Å². The fraction of sp³-hybridized carbons (Fsp3) is 0.818. The number of carbonyl (C=O) groups is 2. The van der Waals surface area contributed by atoms with E-state index in [-0.39, 0.29) is 11.8 Å². The summed E-state index contributed by atoms with van der Waals surface area (Å²) in [6, 6.07) is 0. The molecule has 86 valence electrons. The van der Waals surface area contributed by atoms with Crippen molar-refractivity contribution >= 4 is 11.9 Å². The molecule has 1 unspecified atom stereocenters. The van der Waals surface area contributed by atoms with Gasteiger partial charge in [0.05, 0.1) is 5.41 Å². The Morgan fingerprint density at radius 3 is 2.47 bits per heavy atom. The maximum absolute atomic E-state index is 11.2. The van der Waals surface area contributed by atoms with Crippen LogP contribution in [0.4, 0.5) is 0 Å². The zero-order valence-electron chi connectivity index (χ0n) is 9.62. The highest BCUT2D eigenvalue weighted by molar-refractivity contribution is 5.75. The van der Waals surface area contributed by atoms with Crippen LogP contribution in [-0.2, 0) is 9.59 Å². The lowest BCUT2D eigenvalue weighted by Gasteiger charge is -2.38. The summed E-state index contributed by atoms with van der Waals surface area (Å²) in [6.07, 6.45) is 1.80. The summed E-state index contributed by atoms with van der Waals surface area (Å²) in [5, 5.41) is 9.11. The highest BCUT2D eigenvalue weighted by Crippen LogP contribution is 2.34. The molecule has 1 heterocycles. The molecule has 0 bridgehead atoms. The average molecular weight is 213 g/mol. The number of nitrogens with zero attached hydrogens (tertiary/aromatic N) is 1. The molecular weight excluding hydrogens is 194 g/mol. The van der Waals surface area contributed by atoms with Gasteiger partial charge in [0.25, 0.3) is 0 Å². The fourth-order valence-corrected chi connectivity index (χ4v) is 2.03. The van der Waals surface area contributed by atoms with Crippen molar-refractivity contribution in [3.63, 3.8) is 0 Å².